The molecule has 2 aromatic rings. The first kappa shape index (κ1) is 20.0. The van der Waals surface area contributed by atoms with Crippen molar-refractivity contribution in [3.63, 3.8) is 0 Å². The van der Waals surface area contributed by atoms with E-state index in [-0.39, 0.29) is 25.1 Å². The number of hydrogen-bond acceptors (Lipinski definition) is 6. The van der Waals surface area contributed by atoms with Gasteiger partial charge in [-0.15, -0.1) is 0 Å². The zero-order valence-electron chi connectivity index (χ0n) is 17.3. The summed E-state index contributed by atoms with van der Waals surface area (Å²) in [5.41, 5.74) is 5.96. The molecule has 1 fully saturated rings. The lowest BCUT2D eigenvalue weighted by Gasteiger charge is -2.35. The molecule has 2 atom stereocenters. The monoisotopic (exact) mass is 396 g/mol. The number of carbonyl (C=O) groups excluding carboxylic acids is 1. The number of aliphatic hydroxyl groups excluding tert-OH is 1. The Labute approximate surface area is 171 Å². The molecule has 0 saturated carbocycles. The minimum atomic E-state index is -0.506. The van der Waals surface area contributed by atoms with Crippen molar-refractivity contribution in [3.05, 3.63) is 57.9 Å². The fourth-order valence-corrected chi connectivity index (χ4v) is 4.10. The molecule has 0 aliphatic carbocycles. The highest BCUT2D eigenvalue weighted by Crippen LogP contribution is 2.33. The van der Waals surface area contributed by atoms with Crippen LogP contribution >= 0.6 is 0 Å². The second kappa shape index (κ2) is 8.22. The number of nitrogens with zero attached hydrogens (tertiary/aromatic N) is 2. The van der Waals surface area contributed by atoms with Crippen molar-refractivity contribution in [3.8, 4) is 5.75 Å². The molecule has 6 heteroatoms. The molecule has 0 radical (unpaired) electrons. The molecule has 4 rings (SSSR count). The molecule has 0 amide bonds. The summed E-state index contributed by atoms with van der Waals surface area (Å²) in [4.78, 5) is 19.4. The summed E-state index contributed by atoms with van der Waals surface area (Å²) in [6.07, 6.45) is 2.68. The van der Waals surface area contributed by atoms with E-state index in [0.717, 1.165) is 34.4 Å². The van der Waals surface area contributed by atoms with E-state index in [4.69, 9.17) is 9.47 Å². The number of aryl methyl sites for hydroxylation is 1. The molecule has 154 valence electrons. The summed E-state index contributed by atoms with van der Waals surface area (Å²) >= 11 is 0. The van der Waals surface area contributed by atoms with E-state index < -0.39 is 6.10 Å². The van der Waals surface area contributed by atoms with Crippen LogP contribution in [0.25, 0.3) is 0 Å². The lowest BCUT2D eigenvalue weighted by molar-refractivity contribution is -0.0738. The van der Waals surface area contributed by atoms with Gasteiger partial charge in [-0.25, -0.2) is 0 Å². The van der Waals surface area contributed by atoms with E-state index in [1.165, 1.54) is 0 Å². The maximum atomic E-state index is 13.1. The van der Waals surface area contributed by atoms with Gasteiger partial charge in [-0.2, -0.15) is 0 Å². The Morgan fingerprint density at radius 3 is 2.79 bits per heavy atom. The summed E-state index contributed by atoms with van der Waals surface area (Å²) < 4.78 is 11.6. The number of hydrogen-bond donors (Lipinski definition) is 1. The quantitative estimate of drug-likeness (QED) is 0.860. The number of fused-ring (bicyclic) bond motifs is 1. The van der Waals surface area contributed by atoms with Gasteiger partial charge in [0.25, 0.3) is 0 Å². The third kappa shape index (κ3) is 4.06. The van der Waals surface area contributed by atoms with Crippen LogP contribution in [-0.2, 0) is 11.2 Å². The van der Waals surface area contributed by atoms with Crippen LogP contribution in [0.15, 0.2) is 24.4 Å². The van der Waals surface area contributed by atoms with Crippen LogP contribution in [-0.4, -0.2) is 59.4 Å². The summed E-state index contributed by atoms with van der Waals surface area (Å²) in [5, 5.41) is 10.3. The standard InChI is InChI=1S/C23H28N2O4/c1-14-4-5-17(10-24-14)8-18-9-19-22(27)11-25(20-12-28-7-6-21(20)26)13-29-23(19)16(3)15(18)2/h4-5,9-10,20-21,26H,6-8,11-13H2,1-3H3/t20?,21-/m0/s1. The molecule has 1 aromatic heterocycles. The van der Waals surface area contributed by atoms with Crippen molar-refractivity contribution in [2.75, 3.05) is 26.5 Å². The van der Waals surface area contributed by atoms with Crippen LogP contribution in [0.1, 0.15) is 44.7 Å². The van der Waals surface area contributed by atoms with Gasteiger partial charge < -0.3 is 14.6 Å². The number of benzene rings is 1. The molecule has 1 aromatic carbocycles. The highest BCUT2D eigenvalue weighted by molar-refractivity contribution is 6.01. The fraction of sp³-hybridized carbons (Fsp3) is 0.478. The maximum Gasteiger partial charge on any atom is 0.180 e. The van der Waals surface area contributed by atoms with Crippen LogP contribution in [0.4, 0.5) is 0 Å². The summed E-state index contributed by atoms with van der Waals surface area (Å²) in [7, 11) is 0. The molecule has 0 bridgehead atoms. The largest absolute Gasteiger partial charge is 0.477 e. The number of aliphatic hydroxyl groups is 1. The Morgan fingerprint density at radius 2 is 2.07 bits per heavy atom. The van der Waals surface area contributed by atoms with Crippen molar-refractivity contribution < 1.29 is 19.4 Å². The van der Waals surface area contributed by atoms with Crippen molar-refractivity contribution in [1.82, 2.24) is 9.88 Å². The second-order valence-electron chi connectivity index (χ2n) is 8.09. The Kier molecular flexibility index (Phi) is 5.67. The molecule has 1 saturated heterocycles. The molecular formula is C23H28N2O4. The summed E-state index contributed by atoms with van der Waals surface area (Å²) in [6, 6.07) is 5.83. The van der Waals surface area contributed by atoms with Gasteiger partial charge in [-0.3, -0.25) is 14.7 Å². The zero-order chi connectivity index (χ0) is 20.5. The molecule has 1 unspecified atom stereocenters. The summed E-state index contributed by atoms with van der Waals surface area (Å²) in [5.74, 6) is 0.675. The Hall–Kier alpha value is -2.28. The molecular weight excluding hydrogens is 368 g/mol. The van der Waals surface area contributed by atoms with E-state index in [0.29, 0.717) is 30.9 Å². The van der Waals surface area contributed by atoms with Crippen molar-refractivity contribution in [1.29, 1.82) is 0 Å². The minimum absolute atomic E-state index is 0.0154. The third-order valence-electron chi connectivity index (χ3n) is 6.10. The first-order chi connectivity index (χ1) is 13.9. The highest BCUT2D eigenvalue weighted by atomic mass is 16.5. The number of Topliss-reactive ketones (excluding diaryl/α,β-unsaturated/α-hetero) is 1. The van der Waals surface area contributed by atoms with Gasteiger partial charge in [0.2, 0.25) is 0 Å². The Morgan fingerprint density at radius 1 is 1.24 bits per heavy atom. The van der Waals surface area contributed by atoms with Crippen molar-refractivity contribution in [2.45, 2.75) is 45.8 Å². The molecule has 3 heterocycles. The van der Waals surface area contributed by atoms with E-state index in [2.05, 4.69) is 18.0 Å². The van der Waals surface area contributed by atoms with E-state index >= 15 is 0 Å². The van der Waals surface area contributed by atoms with Crippen LogP contribution in [0, 0.1) is 20.8 Å². The predicted octanol–water partition coefficient (Wildman–Crippen LogP) is 2.58. The average molecular weight is 396 g/mol. The van der Waals surface area contributed by atoms with Crippen LogP contribution in [0.5, 0.6) is 5.75 Å². The highest BCUT2D eigenvalue weighted by Gasteiger charge is 2.34. The number of aromatic nitrogens is 1. The smallest absolute Gasteiger partial charge is 0.180 e. The Balaban J connectivity index is 1.62. The predicted molar refractivity (Wildman–Crippen MR) is 109 cm³/mol. The Bertz CT molecular complexity index is 910. The first-order valence-corrected chi connectivity index (χ1v) is 10.1. The fourth-order valence-electron chi connectivity index (χ4n) is 4.10. The number of ketones is 1. The van der Waals surface area contributed by atoms with E-state index in [1.54, 1.807) is 0 Å². The number of ether oxygens (including phenoxy) is 2. The van der Waals surface area contributed by atoms with Gasteiger partial charge in [0.1, 0.15) is 12.5 Å². The molecule has 0 spiro atoms. The first-order valence-electron chi connectivity index (χ1n) is 10.1. The van der Waals surface area contributed by atoms with Gasteiger partial charge in [0.15, 0.2) is 5.78 Å². The molecule has 29 heavy (non-hydrogen) atoms. The third-order valence-corrected chi connectivity index (χ3v) is 6.10. The van der Waals surface area contributed by atoms with E-state index in [9.17, 15) is 9.90 Å². The normalized spacial score (nSPS) is 22.7. The lowest BCUT2D eigenvalue weighted by Crippen LogP contribution is -2.51. The minimum Gasteiger partial charge on any atom is -0.477 e. The second-order valence-corrected chi connectivity index (χ2v) is 8.09. The lowest BCUT2D eigenvalue weighted by atomic mass is 9.92. The van der Waals surface area contributed by atoms with Crippen LogP contribution < -0.4 is 4.74 Å². The molecule has 2 aliphatic rings. The summed E-state index contributed by atoms with van der Waals surface area (Å²) in [6.45, 7) is 7.50. The maximum absolute atomic E-state index is 13.1. The van der Waals surface area contributed by atoms with Crippen LogP contribution in [0.2, 0.25) is 0 Å². The average Bonchev–Trinajstić information content (AvgIpc) is 2.87. The molecule has 1 N–H and O–H groups in total. The van der Waals surface area contributed by atoms with Gasteiger partial charge in [-0.05, 0) is 68.0 Å². The SMILES string of the molecule is Cc1ccc(Cc2cc3c(c(C)c2C)OCN(C2COCC[C@@H]2O)CC3=O)cn1. The van der Waals surface area contributed by atoms with E-state index in [1.807, 2.05) is 37.1 Å². The van der Waals surface area contributed by atoms with Gasteiger partial charge in [0, 0.05) is 18.5 Å². The van der Waals surface area contributed by atoms with Crippen molar-refractivity contribution >= 4 is 5.78 Å². The molecule has 2 aliphatic heterocycles. The molecule has 6 nitrogen and oxygen atoms in total. The zero-order valence-corrected chi connectivity index (χ0v) is 17.3. The van der Waals surface area contributed by atoms with Crippen molar-refractivity contribution in [2.24, 2.45) is 0 Å². The topological polar surface area (TPSA) is 71.9 Å². The number of pyridine rings is 1. The van der Waals surface area contributed by atoms with Gasteiger partial charge >= 0.3 is 0 Å². The van der Waals surface area contributed by atoms with Gasteiger partial charge in [0.05, 0.1) is 30.9 Å². The van der Waals surface area contributed by atoms with Gasteiger partial charge in [-0.1, -0.05) is 6.07 Å². The number of carbonyl (C=O) groups is 1. The van der Waals surface area contributed by atoms with Crippen LogP contribution in [0.3, 0.4) is 0 Å². The number of rotatable bonds is 3.